The van der Waals surface area contributed by atoms with Crippen LogP contribution < -0.4 is 9.64 Å². The number of fused-ring (bicyclic) bond motifs is 1. The van der Waals surface area contributed by atoms with E-state index in [4.69, 9.17) is 20.8 Å². The molecular weight excluding hydrogens is 570 g/mol. The Morgan fingerprint density at radius 1 is 1.10 bits per heavy atom. The Kier molecular flexibility index (Phi) is 7.05. The van der Waals surface area contributed by atoms with Gasteiger partial charge in [-0.25, -0.2) is 0 Å². The van der Waals surface area contributed by atoms with Crippen molar-refractivity contribution in [2.45, 2.75) is 16.1 Å². The molecule has 1 amide bonds. The quantitative estimate of drug-likeness (QED) is 0.117. The molecule has 0 radical (unpaired) electrons. The minimum Gasteiger partial charge on any atom is -0.503 e. The van der Waals surface area contributed by atoms with Crippen LogP contribution in [0.15, 0.2) is 99.0 Å². The fourth-order valence-corrected chi connectivity index (χ4v) is 6.42. The molecule has 5 aromatic rings. The number of ketones is 1. The summed E-state index contributed by atoms with van der Waals surface area (Å²) >= 11 is 8.63. The Morgan fingerprint density at radius 3 is 2.67 bits per heavy atom. The van der Waals surface area contributed by atoms with Crippen molar-refractivity contribution in [3.8, 4) is 5.75 Å². The molecule has 1 unspecified atom stereocenters. The number of thioether (sulfide) groups is 1. The van der Waals surface area contributed by atoms with Gasteiger partial charge in [-0.1, -0.05) is 77.2 Å². The molecule has 3 aromatic carbocycles. The topological polar surface area (TPSA) is 106 Å². The Labute approximate surface area is 241 Å². The number of furan rings is 1. The number of rotatable bonds is 8. The summed E-state index contributed by atoms with van der Waals surface area (Å²) in [4.78, 5) is 28.6. The highest BCUT2D eigenvalue weighted by atomic mass is 35.5. The number of para-hydroxylation sites is 1. The van der Waals surface area contributed by atoms with Crippen LogP contribution in [-0.4, -0.2) is 34.1 Å². The lowest BCUT2D eigenvalue weighted by atomic mass is 9.95. The number of hydrogen-bond acceptors (Lipinski definition) is 9. The van der Waals surface area contributed by atoms with E-state index in [1.54, 1.807) is 42.5 Å². The number of aliphatic hydroxyl groups excluding tert-OH is 1. The first kappa shape index (κ1) is 26.1. The SMILES string of the molecule is COc1cccc(C2C(C(=O)c3cc4ccccc4o3)=C(O)C(=O)N2c2nnc(SCc3ccc(Cl)cc3)s2)c1. The van der Waals surface area contributed by atoms with Crippen molar-refractivity contribution < 1.29 is 23.8 Å². The molecule has 0 spiro atoms. The van der Waals surface area contributed by atoms with Crippen molar-refractivity contribution in [2.75, 3.05) is 12.0 Å². The number of aromatic nitrogens is 2. The molecule has 1 atom stereocenters. The van der Waals surface area contributed by atoms with E-state index in [0.717, 1.165) is 10.9 Å². The summed E-state index contributed by atoms with van der Waals surface area (Å²) in [6, 6.07) is 22.3. The van der Waals surface area contributed by atoms with Gasteiger partial charge < -0.3 is 14.3 Å². The number of carbonyl (C=O) groups is 2. The molecule has 200 valence electrons. The predicted molar refractivity (Wildman–Crippen MR) is 154 cm³/mol. The Balaban J connectivity index is 1.37. The molecule has 0 saturated carbocycles. The van der Waals surface area contributed by atoms with E-state index in [0.29, 0.717) is 32.0 Å². The summed E-state index contributed by atoms with van der Waals surface area (Å²) in [7, 11) is 1.53. The molecule has 40 heavy (non-hydrogen) atoms. The van der Waals surface area contributed by atoms with Gasteiger partial charge in [-0.2, -0.15) is 0 Å². The number of anilines is 1. The van der Waals surface area contributed by atoms with Crippen molar-refractivity contribution in [3.05, 3.63) is 112 Å². The highest BCUT2D eigenvalue weighted by molar-refractivity contribution is 8.00. The molecule has 1 N–H and O–H groups in total. The van der Waals surface area contributed by atoms with Crippen LogP contribution in [0.2, 0.25) is 5.02 Å². The first-order valence-electron chi connectivity index (χ1n) is 12.1. The predicted octanol–water partition coefficient (Wildman–Crippen LogP) is 7.02. The van der Waals surface area contributed by atoms with Gasteiger partial charge in [0.05, 0.1) is 18.7 Å². The lowest BCUT2D eigenvalue weighted by Gasteiger charge is -2.24. The average Bonchev–Trinajstić information content (AvgIpc) is 3.69. The van der Waals surface area contributed by atoms with Crippen molar-refractivity contribution in [1.29, 1.82) is 0 Å². The molecular formula is C29H20ClN3O5S2. The summed E-state index contributed by atoms with van der Waals surface area (Å²) < 4.78 is 11.8. The van der Waals surface area contributed by atoms with Crippen LogP contribution in [0, 0.1) is 0 Å². The molecule has 11 heteroatoms. The van der Waals surface area contributed by atoms with E-state index in [9.17, 15) is 14.7 Å². The smallest absolute Gasteiger partial charge is 0.296 e. The second-order valence-corrected chi connectivity index (χ2v) is 11.5. The second kappa shape index (κ2) is 10.8. The molecule has 6 rings (SSSR count). The number of halogens is 1. The summed E-state index contributed by atoms with van der Waals surface area (Å²) in [6.07, 6.45) is 0. The van der Waals surface area contributed by atoms with Gasteiger partial charge in [0, 0.05) is 16.2 Å². The number of methoxy groups -OCH3 is 1. The number of nitrogens with zero attached hydrogens (tertiary/aromatic N) is 3. The zero-order valence-electron chi connectivity index (χ0n) is 20.9. The van der Waals surface area contributed by atoms with Crippen molar-refractivity contribution in [3.63, 3.8) is 0 Å². The van der Waals surface area contributed by atoms with E-state index in [1.165, 1.54) is 35.1 Å². The molecule has 1 aliphatic heterocycles. The first-order valence-corrected chi connectivity index (χ1v) is 14.3. The van der Waals surface area contributed by atoms with Crippen LogP contribution in [0.5, 0.6) is 5.75 Å². The normalized spacial score (nSPS) is 15.3. The summed E-state index contributed by atoms with van der Waals surface area (Å²) in [5, 5.41) is 21.2. The Morgan fingerprint density at radius 2 is 1.90 bits per heavy atom. The third-order valence-electron chi connectivity index (χ3n) is 6.39. The molecule has 2 aromatic heterocycles. The highest BCUT2D eigenvalue weighted by Gasteiger charge is 2.47. The van der Waals surface area contributed by atoms with E-state index in [-0.39, 0.29) is 16.5 Å². The van der Waals surface area contributed by atoms with Gasteiger partial charge in [0.25, 0.3) is 5.91 Å². The van der Waals surface area contributed by atoms with Crippen LogP contribution in [0.4, 0.5) is 5.13 Å². The van der Waals surface area contributed by atoms with Gasteiger partial charge in [-0.05, 0) is 47.5 Å². The molecule has 0 fully saturated rings. The third-order valence-corrected chi connectivity index (χ3v) is 8.77. The number of Topliss-reactive ketones (excluding diaryl/α,β-unsaturated/α-hetero) is 1. The van der Waals surface area contributed by atoms with Crippen LogP contribution >= 0.6 is 34.7 Å². The number of hydrogen-bond donors (Lipinski definition) is 1. The number of aliphatic hydroxyl groups is 1. The zero-order chi connectivity index (χ0) is 27.8. The zero-order valence-corrected chi connectivity index (χ0v) is 23.3. The van der Waals surface area contributed by atoms with E-state index in [2.05, 4.69) is 10.2 Å². The first-order chi connectivity index (χ1) is 19.4. The molecule has 0 saturated heterocycles. The van der Waals surface area contributed by atoms with Crippen LogP contribution in [0.3, 0.4) is 0 Å². The maximum absolute atomic E-state index is 13.8. The summed E-state index contributed by atoms with van der Waals surface area (Å²) in [5.41, 5.74) is 2.02. The number of benzene rings is 3. The van der Waals surface area contributed by atoms with Crippen molar-refractivity contribution >= 4 is 62.5 Å². The largest absolute Gasteiger partial charge is 0.503 e. The molecule has 3 heterocycles. The highest BCUT2D eigenvalue weighted by Crippen LogP contribution is 2.44. The summed E-state index contributed by atoms with van der Waals surface area (Å²) in [5.74, 6) is -0.843. The molecule has 8 nitrogen and oxygen atoms in total. The minimum atomic E-state index is -0.981. The van der Waals surface area contributed by atoms with Gasteiger partial charge >= 0.3 is 0 Å². The van der Waals surface area contributed by atoms with Crippen LogP contribution in [0.1, 0.15) is 27.7 Å². The van der Waals surface area contributed by atoms with Gasteiger partial charge in [-0.3, -0.25) is 14.5 Å². The maximum atomic E-state index is 13.8. The molecule has 0 aliphatic carbocycles. The second-order valence-electron chi connectivity index (χ2n) is 8.86. The lowest BCUT2D eigenvalue weighted by molar-refractivity contribution is -0.117. The lowest BCUT2D eigenvalue weighted by Crippen LogP contribution is -2.31. The maximum Gasteiger partial charge on any atom is 0.296 e. The average molecular weight is 590 g/mol. The van der Waals surface area contributed by atoms with Crippen molar-refractivity contribution in [1.82, 2.24) is 10.2 Å². The summed E-state index contributed by atoms with van der Waals surface area (Å²) in [6.45, 7) is 0. The van der Waals surface area contributed by atoms with Gasteiger partial charge in [0.1, 0.15) is 11.3 Å². The van der Waals surface area contributed by atoms with Crippen molar-refractivity contribution in [2.24, 2.45) is 0 Å². The fourth-order valence-electron chi connectivity index (χ4n) is 4.47. The number of carbonyl (C=O) groups excluding carboxylic acids is 2. The van der Waals surface area contributed by atoms with Gasteiger partial charge in [-0.15, -0.1) is 10.2 Å². The fraction of sp³-hybridized carbons (Fsp3) is 0.103. The standard InChI is InChI=1S/C29H20ClN3O5S2/c1-37-20-7-4-6-18(13-20)24-23(25(34)22-14-17-5-2-3-8-21(17)38-22)26(35)27(36)33(24)28-31-32-29(40-28)39-15-16-9-11-19(30)12-10-16/h2-14,24,35H,15H2,1H3. The van der Waals surface area contributed by atoms with E-state index in [1.807, 2.05) is 36.4 Å². The monoisotopic (exact) mass is 589 g/mol. The number of amides is 1. The molecule has 0 bridgehead atoms. The van der Waals surface area contributed by atoms with Crippen LogP contribution in [-0.2, 0) is 10.5 Å². The van der Waals surface area contributed by atoms with Gasteiger partial charge in [0.15, 0.2) is 15.9 Å². The van der Waals surface area contributed by atoms with Crippen LogP contribution in [0.25, 0.3) is 11.0 Å². The van der Waals surface area contributed by atoms with E-state index >= 15 is 0 Å². The Bertz CT molecular complexity index is 1750. The molecule has 1 aliphatic rings. The third kappa shape index (κ3) is 4.85. The Hall–Kier alpha value is -4.12. The minimum absolute atomic E-state index is 0.0155. The van der Waals surface area contributed by atoms with E-state index < -0.39 is 23.5 Å². The van der Waals surface area contributed by atoms with Gasteiger partial charge in [0.2, 0.25) is 10.9 Å². The number of ether oxygens (including phenoxy) is 1.